The van der Waals surface area contributed by atoms with E-state index in [0.29, 0.717) is 6.54 Å². The van der Waals surface area contributed by atoms with Gasteiger partial charge in [0.2, 0.25) is 0 Å². The highest BCUT2D eigenvalue weighted by molar-refractivity contribution is 5.97. The van der Waals surface area contributed by atoms with Gasteiger partial charge in [0.25, 0.3) is 5.91 Å². The molecule has 1 heterocycles. The minimum Gasteiger partial charge on any atom is -0.480 e. The lowest BCUT2D eigenvalue weighted by Gasteiger charge is -2.24. The third-order valence-corrected chi connectivity index (χ3v) is 4.84. The summed E-state index contributed by atoms with van der Waals surface area (Å²) in [6, 6.07) is 3.21. The Morgan fingerprint density at radius 2 is 1.96 bits per heavy atom. The molecule has 1 saturated carbocycles. The Labute approximate surface area is 130 Å². The summed E-state index contributed by atoms with van der Waals surface area (Å²) in [5.74, 6) is -1.69. The lowest BCUT2D eigenvalue weighted by Crippen LogP contribution is -2.43. The number of carboxylic acid groups (broad SMARTS) is 1. The maximum absolute atomic E-state index is 12.8. The fraction of sp³-hybridized carbons (Fsp3) is 0.500. The van der Waals surface area contributed by atoms with E-state index in [1.807, 2.05) is 0 Å². The monoisotopic (exact) mass is 327 g/mol. The molecule has 3 unspecified atom stereocenters. The van der Waals surface area contributed by atoms with Crippen LogP contribution in [-0.4, -0.2) is 34.5 Å². The normalized spacial score (nSPS) is 27.1. The Kier molecular flexibility index (Phi) is 3.82. The Morgan fingerprint density at radius 3 is 2.61 bits per heavy atom. The summed E-state index contributed by atoms with van der Waals surface area (Å²) in [5, 5.41) is 9.44. The van der Waals surface area contributed by atoms with E-state index in [9.17, 15) is 27.9 Å². The van der Waals surface area contributed by atoms with Gasteiger partial charge in [-0.1, -0.05) is 12.5 Å². The van der Waals surface area contributed by atoms with Gasteiger partial charge in [0.1, 0.15) is 6.04 Å². The zero-order valence-corrected chi connectivity index (χ0v) is 12.2. The van der Waals surface area contributed by atoms with Crippen molar-refractivity contribution in [3.63, 3.8) is 0 Å². The Morgan fingerprint density at radius 1 is 1.22 bits per heavy atom. The molecule has 124 valence electrons. The fourth-order valence-corrected chi connectivity index (χ4v) is 3.83. The third-order valence-electron chi connectivity index (χ3n) is 4.84. The van der Waals surface area contributed by atoms with Crippen LogP contribution in [-0.2, 0) is 11.0 Å². The van der Waals surface area contributed by atoms with E-state index >= 15 is 0 Å². The molecule has 1 aromatic carbocycles. The van der Waals surface area contributed by atoms with Crippen LogP contribution in [0.4, 0.5) is 13.2 Å². The molecule has 3 atom stereocenters. The van der Waals surface area contributed by atoms with Crippen molar-refractivity contribution >= 4 is 11.9 Å². The van der Waals surface area contributed by atoms with Crippen molar-refractivity contribution in [2.24, 2.45) is 11.8 Å². The number of nitrogens with zero attached hydrogens (tertiary/aromatic N) is 1. The van der Waals surface area contributed by atoms with Crippen LogP contribution in [0, 0.1) is 11.8 Å². The first kappa shape index (κ1) is 15.8. The van der Waals surface area contributed by atoms with Crippen LogP contribution in [0.2, 0.25) is 0 Å². The molecule has 0 spiro atoms. The highest BCUT2D eigenvalue weighted by Gasteiger charge is 2.49. The van der Waals surface area contributed by atoms with E-state index < -0.39 is 29.7 Å². The van der Waals surface area contributed by atoms with Gasteiger partial charge in [0.15, 0.2) is 0 Å². The lowest BCUT2D eigenvalue weighted by atomic mass is 9.94. The van der Waals surface area contributed by atoms with E-state index in [4.69, 9.17) is 0 Å². The van der Waals surface area contributed by atoms with Gasteiger partial charge < -0.3 is 10.0 Å². The average Bonchev–Trinajstić information content (AvgIpc) is 3.05. The number of carbonyl (C=O) groups excluding carboxylic acids is 1. The topological polar surface area (TPSA) is 57.6 Å². The Hall–Kier alpha value is -2.05. The van der Waals surface area contributed by atoms with Gasteiger partial charge in [-0.3, -0.25) is 4.79 Å². The molecular weight excluding hydrogens is 311 g/mol. The van der Waals surface area contributed by atoms with Crippen molar-refractivity contribution in [2.75, 3.05) is 6.54 Å². The molecule has 7 heteroatoms. The summed E-state index contributed by atoms with van der Waals surface area (Å²) in [7, 11) is 0. The van der Waals surface area contributed by atoms with Gasteiger partial charge in [-0.05, 0) is 42.9 Å². The molecule has 1 amide bonds. The SMILES string of the molecule is O=C(O)C1C2CCCC2CN1C(=O)c1cccc(C(F)(F)F)c1. The molecule has 2 fully saturated rings. The van der Waals surface area contributed by atoms with E-state index in [1.165, 1.54) is 17.0 Å². The molecule has 1 aliphatic heterocycles. The number of likely N-dealkylation sites (tertiary alicyclic amines) is 1. The van der Waals surface area contributed by atoms with Crippen LogP contribution in [0.3, 0.4) is 0 Å². The zero-order valence-electron chi connectivity index (χ0n) is 12.2. The largest absolute Gasteiger partial charge is 0.480 e. The number of hydrogen-bond donors (Lipinski definition) is 1. The van der Waals surface area contributed by atoms with Gasteiger partial charge in [-0.15, -0.1) is 0 Å². The van der Waals surface area contributed by atoms with E-state index in [1.54, 1.807) is 0 Å². The predicted molar refractivity (Wildman–Crippen MR) is 74.7 cm³/mol. The minimum absolute atomic E-state index is 0.0951. The highest BCUT2D eigenvalue weighted by Crippen LogP contribution is 2.43. The Balaban J connectivity index is 1.89. The third kappa shape index (κ3) is 2.80. The number of halogens is 3. The number of alkyl halides is 3. The first-order valence-corrected chi connectivity index (χ1v) is 7.50. The van der Waals surface area contributed by atoms with Gasteiger partial charge in [-0.25, -0.2) is 4.79 Å². The molecule has 2 aliphatic rings. The molecule has 0 radical (unpaired) electrons. The number of carbonyl (C=O) groups is 2. The van der Waals surface area contributed by atoms with E-state index in [0.717, 1.165) is 31.4 Å². The molecule has 0 aromatic heterocycles. The molecule has 1 aliphatic carbocycles. The van der Waals surface area contributed by atoms with Crippen molar-refractivity contribution in [1.29, 1.82) is 0 Å². The van der Waals surface area contributed by atoms with Crippen molar-refractivity contribution in [3.05, 3.63) is 35.4 Å². The Bertz CT molecular complexity index is 644. The van der Waals surface area contributed by atoms with Crippen LogP contribution in [0.25, 0.3) is 0 Å². The summed E-state index contributed by atoms with van der Waals surface area (Å²) in [5.41, 5.74) is -1.03. The number of aliphatic carboxylic acids is 1. The molecule has 3 rings (SSSR count). The van der Waals surface area contributed by atoms with Gasteiger partial charge >= 0.3 is 12.1 Å². The lowest BCUT2D eigenvalue weighted by molar-refractivity contribution is -0.143. The van der Waals surface area contributed by atoms with Gasteiger partial charge in [-0.2, -0.15) is 13.2 Å². The molecule has 23 heavy (non-hydrogen) atoms. The smallest absolute Gasteiger partial charge is 0.416 e. The number of amides is 1. The molecule has 1 saturated heterocycles. The summed E-state index contributed by atoms with van der Waals surface area (Å²) in [6.07, 6.45) is -2.00. The summed E-state index contributed by atoms with van der Waals surface area (Å²) in [4.78, 5) is 25.3. The zero-order chi connectivity index (χ0) is 16.8. The van der Waals surface area contributed by atoms with Gasteiger partial charge in [0, 0.05) is 12.1 Å². The number of benzene rings is 1. The number of rotatable bonds is 2. The minimum atomic E-state index is -4.54. The molecular formula is C16H16F3NO3. The van der Waals surface area contributed by atoms with Crippen molar-refractivity contribution in [1.82, 2.24) is 4.90 Å². The molecule has 1 aromatic rings. The highest BCUT2D eigenvalue weighted by atomic mass is 19.4. The van der Waals surface area contributed by atoms with Crippen LogP contribution >= 0.6 is 0 Å². The van der Waals surface area contributed by atoms with Crippen molar-refractivity contribution < 1.29 is 27.9 Å². The maximum Gasteiger partial charge on any atom is 0.416 e. The molecule has 1 N–H and O–H groups in total. The second-order valence-corrected chi connectivity index (χ2v) is 6.17. The van der Waals surface area contributed by atoms with Crippen molar-refractivity contribution in [3.8, 4) is 0 Å². The first-order chi connectivity index (χ1) is 10.8. The van der Waals surface area contributed by atoms with E-state index in [2.05, 4.69) is 0 Å². The van der Waals surface area contributed by atoms with Crippen LogP contribution < -0.4 is 0 Å². The maximum atomic E-state index is 12.8. The summed E-state index contributed by atoms with van der Waals surface area (Å²) >= 11 is 0. The average molecular weight is 327 g/mol. The number of fused-ring (bicyclic) bond motifs is 1. The van der Waals surface area contributed by atoms with Gasteiger partial charge in [0.05, 0.1) is 5.56 Å². The number of carboxylic acids is 1. The standard InChI is InChI=1S/C16H16F3NO3/c17-16(18,19)11-5-1-3-9(7-11)14(21)20-8-10-4-2-6-12(10)13(20)15(22)23/h1,3,5,7,10,12-13H,2,4,6,8H2,(H,22,23). The molecule has 4 nitrogen and oxygen atoms in total. The van der Waals surface area contributed by atoms with Crippen LogP contribution in [0.15, 0.2) is 24.3 Å². The number of hydrogen-bond acceptors (Lipinski definition) is 2. The van der Waals surface area contributed by atoms with Crippen molar-refractivity contribution in [2.45, 2.75) is 31.5 Å². The van der Waals surface area contributed by atoms with Crippen LogP contribution in [0.1, 0.15) is 35.2 Å². The second kappa shape index (κ2) is 5.54. The van der Waals surface area contributed by atoms with Crippen LogP contribution in [0.5, 0.6) is 0 Å². The predicted octanol–water partition coefficient (Wildman–Crippen LogP) is 3.03. The first-order valence-electron chi connectivity index (χ1n) is 7.50. The summed E-state index contributed by atoms with van der Waals surface area (Å²) in [6.45, 7) is 0.302. The second-order valence-electron chi connectivity index (χ2n) is 6.17. The quantitative estimate of drug-likeness (QED) is 0.908. The summed E-state index contributed by atoms with van der Waals surface area (Å²) < 4.78 is 38.3. The fourth-order valence-electron chi connectivity index (χ4n) is 3.83. The molecule has 0 bridgehead atoms. The van der Waals surface area contributed by atoms with E-state index in [-0.39, 0.29) is 17.4 Å².